The van der Waals surface area contributed by atoms with Crippen LogP contribution in [0.4, 0.5) is 0 Å². The molecule has 5 nitrogen and oxygen atoms in total. The van der Waals surface area contributed by atoms with E-state index in [9.17, 15) is 4.79 Å². The fourth-order valence-corrected chi connectivity index (χ4v) is 4.19. The fourth-order valence-electron chi connectivity index (χ4n) is 4.19. The molecule has 1 amide bonds. The van der Waals surface area contributed by atoms with Gasteiger partial charge in [0.25, 0.3) is 0 Å². The van der Waals surface area contributed by atoms with Gasteiger partial charge in [0.15, 0.2) is 0 Å². The lowest BCUT2D eigenvalue weighted by Crippen LogP contribution is -2.28. The Labute approximate surface area is 155 Å². The zero-order valence-electron chi connectivity index (χ0n) is 15.5. The lowest BCUT2D eigenvalue weighted by atomic mass is 9.90. The number of carbonyl (C=O) groups is 1. The van der Waals surface area contributed by atoms with Gasteiger partial charge in [0, 0.05) is 25.9 Å². The van der Waals surface area contributed by atoms with Crippen molar-refractivity contribution in [1.29, 1.82) is 0 Å². The summed E-state index contributed by atoms with van der Waals surface area (Å²) in [7, 11) is 0. The highest BCUT2D eigenvalue weighted by Gasteiger charge is 2.15. The predicted octanol–water partition coefficient (Wildman–Crippen LogP) is 2.78. The highest BCUT2D eigenvalue weighted by molar-refractivity contribution is 5.78. The van der Waals surface area contributed by atoms with Crippen molar-refractivity contribution in [2.45, 2.75) is 70.8 Å². The van der Waals surface area contributed by atoms with E-state index in [-0.39, 0.29) is 5.91 Å². The van der Waals surface area contributed by atoms with Gasteiger partial charge in [-0.3, -0.25) is 4.79 Å². The number of aromatic nitrogens is 3. The van der Waals surface area contributed by atoms with E-state index in [1.165, 1.54) is 49.7 Å². The maximum atomic E-state index is 12.3. The molecule has 4 rings (SSSR count). The number of amides is 1. The highest BCUT2D eigenvalue weighted by atomic mass is 16.1. The van der Waals surface area contributed by atoms with Crippen molar-refractivity contribution in [3.05, 3.63) is 46.5 Å². The summed E-state index contributed by atoms with van der Waals surface area (Å²) in [6.07, 6.45) is 10.8. The summed E-state index contributed by atoms with van der Waals surface area (Å²) < 4.78 is 2.25. The van der Waals surface area contributed by atoms with Crippen LogP contribution in [0.15, 0.2) is 18.2 Å². The first-order valence-electron chi connectivity index (χ1n) is 10.1. The fraction of sp³-hybridized carbons (Fsp3) is 0.571. The van der Waals surface area contributed by atoms with Crippen LogP contribution in [-0.2, 0) is 43.4 Å². The Balaban J connectivity index is 1.29. The smallest absolute Gasteiger partial charge is 0.224 e. The molecule has 2 aromatic rings. The summed E-state index contributed by atoms with van der Waals surface area (Å²) in [5, 5.41) is 11.7. The lowest BCUT2D eigenvalue weighted by molar-refractivity contribution is -0.120. The number of carbonyl (C=O) groups excluding carboxylic acids is 1. The van der Waals surface area contributed by atoms with E-state index in [1.54, 1.807) is 0 Å². The molecule has 1 N–H and O–H groups in total. The second kappa shape index (κ2) is 8.02. The van der Waals surface area contributed by atoms with Crippen LogP contribution in [0.2, 0.25) is 0 Å². The van der Waals surface area contributed by atoms with Gasteiger partial charge < -0.3 is 9.88 Å². The van der Waals surface area contributed by atoms with E-state index in [0.29, 0.717) is 13.0 Å². The number of benzene rings is 1. The normalized spacial score (nSPS) is 16.5. The van der Waals surface area contributed by atoms with E-state index in [4.69, 9.17) is 0 Å². The molecule has 2 heterocycles. The topological polar surface area (TPSA) is 59.8 Å². The first kappa shape index (κ1) is 17.3. The van der Waals surface area contributed by atoms with Crippen LogP contribution < -0.4 is 5.32 Å². The number of rotatable bonds is 5. The number of hydrogen-bond donors (Lipinski definition) is 1. The average Bonchev–Trinajstić information content (AvgIpc) is 2.88. The van der Waals surface area contributed by atoms with Gasteiger partial charge in [0.1, 0.15) is 11.6 Å². The molecule has 5 heteroatoms. The number of hydrogen-bond acceptors (Lipinski definition) is 3. The molecule has 1 aromatic carbocycles. The zero-order valence-corrected chi connectivity index (χ0v) is 15.5. The monoisotopic (exact) mass is 352 g/mol. The van der Waals surface area contributed by atoms with Gasteiger partial charge in [0.05, 0.1) is 6.42 Å². The predicted molar refractivity (Wildman–Crippen MR) is 101 cm³/mol. The molecule has 0 unspecified atom stereocenters. The second-order valence-electron chi connectivity index (χ2n) is 7.58. The highest BCUT2D eigenvalue weighted by Crippen LogP contribution is 2.22. The van der Waals surface area contributed by atoms with Crippen LogP contribution in [-0.4, -0.2) is 27.2 Å². The van der Waals surface area contributed by atoms with Crippen LogP contribution >= 0.6 is 0 Å². The summed E-state index contributed by atoms with van der Waals surface area (Å²) in [5.74, 6) is 2.21. The Kier molecular flexibility index (Phi) is 5.32. The van der Waals surface area contributed by atoms with Gasteiger partial charge in [-0.1, -0.05) is 24.6 Å². The van der Waals surface area contributed by atoms with Gasteiger partial charge in [-0.05, 0) is 55.2 Å². The van der Waals surface area contributed by atoms with Gasteiger partial charge in [0.2, 0.25) is 5.91 Å². The summed E-state index contributed by atoms with van der Waals surface area (Å²) in [5.41, 5.74) is 4.03. The zero-order chi connectivity index (χ0) is 17.8. The largest absolute Gasteiger partial charge is 0.355 e. The third-order valence-corrected chi connectivity index (χ3v) is 5.63. The van der Waals surface area contributed by atoms with Crippen LogP contribution in [0.1, 0.15) is 60.4 Å². The molecule has 2 aliphatic rings. The van der Waals surface area contributed by atoms with Crippen molar-refractivity contribution in [1.82, 2.24) is 20.1 Å². The Morgan fingerprint density at radius 1 is 1.00 bits per heavy atom. The number of aryl methyl sites for hydroxylation is 3. The Morgan fingerprint density at radius 3 is 2.77 bits per heavy atom. The molecule has 0 radical (unpaired) electrons. The molecule has 1 aliphatic carbocycles. The average molecular weight is 352 g/mol. The second-order valence-corrected chi connectivity index (χ2v) is 7.58. The molecule has 1 aromatic heterocycles. The first-order valence-corrected chi connectivity index (χ1v) is 10.1. The molecule has 0 fully saturated rings. The van der Waals surface area contributed by atoms with Crippen LogP contribution in [0.25, 0.3) is 0 Å². The quantitative estimate of drug-likeness (QED) is 0.900. The molecular weight excluding hydrogens is 324 g/mol. The van der Waals surface area contributed by atoms with Crippen LogP contribution in [0.3, 0.4) is 0 Å². The minimum absolute atomic E-state index is 0.0939. The van der Waals surface area contributed by atoms with E-state index < -0.39 is 0 Å². The third-order valence-electron chi connectivity index (χ3n) is 5.63. The molecule has 0 bridgehead atoms. The Bertz CT molecular complexity index is 780. The maximum absolute atomic E-state index is 12.3. The maximum Gasteiger partial charge on any atom is 0.224 e. The lowest BCUT2D eigenvalue weighted by Gasteiger charge is -2.16. The summed E-state index contributed by atoms with van der Waals surface area (Å²) in [4.78, 5) is 12.3. The van der Waals surface area contributed by atoms with E-state index in [2.05, 4.69) is 38.3 Å². The van der Waals surface area contributed by atoms with Crippen molar-refractivity contribution < 1.29 is 4.79 Å². The first-order chi connectivity index (χ1) is 12.8. The van der Waals surface area contributed by atoms with Gasteiger partial charge >= 0.3 is 0 Å². The van der Waals surface area contributed by atoms with Crippen molar-refractivity contribution in [3.63, 3.8) is 0 Å². The van der Waals surface area contributed by atoms with E-state index in [0.717, 1.165) is 43.0 Å². The summed E-state index contributed by atoms with van der Waals surface area (Å²) in [6, 6.07) is 6.55. The van der Waals surface area contributed by atoms with E-state index in [1.807, 2.05) is 0 Å². The molecule has 138 valence electrons. The third kappa shape index (κ3) is 3.97. The van der Waals surface area contributed by atoms with Gasteiger partial charge in [-0.25, -0.2) is 0 Å². The van der Waals surface area contributed by atoms with Crippen LogP contribution in [0.5, 0.6) is 0 Å². The van der Waals surface area contributed by atoms with Crippen molar-refractivity contribution in [2.75, 3.05) is 6.54 Å². The van der Waals surface area contributed by atoms with Gasteiger partial charge in [-0.15, -0.1) is 10.2 Å². The molecular formula is C21H28N4O. The van der Waals surface area contributed by atoms with Crippen molar-refractivity contribution >= 4 is 5.91 Å². The minimum Gasteiger partial charge on any atom is -0.355 e. The molecule has 0 saturated carbocycles. The number of nitrogens with zero attached hydrogens (tertiary/aromatic N) is 3. The van der Waals surface area contributed by atoms with Crippen LogP contribution in [0, 0.1) is 0 Å². The Hall–Kier alpha value is -2.17. The van der Waals surface area contributed by atoms with Crippen molar-refractivity contribution in [2.24, 2.45) is 0 Å². The number of fused-ring (bicyclic) bond motifs is 2. The number of nitrogens with one attached hydrogen (secondary N) is 1. The molecule has 0 spiro atoms. The molecule has 1 aliphatic heterocycles. The summed E-state index contributed by atoms with van der Waals surface area (Å²) in [6.45, 7) is 1.64. The standard InChI is InChI=1S/C21H28N4O/c26-21(15-16-9-10-17-6-3-4-7-18(17)14-16)22-12-11-20-24-23-19-8-2-1-5-13-25(19)20/h9-10,14H,1-8,11-13,15H2,(H,22,26). The van der Waals surface area contributed by atoms with E-state index >= 15 is 0 Å². The molecule has 0 atom stereocenters. The molecule has 26 heavy (non-hydrogen) atoms. The van der Waals surface area contributed by atoms with Gasteiger partial charge in [-0.2, -0.15) is 0 Å². The van der Waals surface area contributed by atoms with Crippen molar-refractivity contribution in [3.8, 4) is 0 Å². The Morgan fingerprint density at radius 2 is 1.85 bits per heavy atom. The minimum atomic E-state index is 0.0939. The summed E-state index contributed by atoms with van der Waals surface area (Å²) >= 11 is 0. The molecule has 0 saturated heterocycles. The SMILES string of the molecule is O=C(Cc1ccc2c(c1)CCCC2)NCCc1nnc2n1CCCCC2.